The molecule has 0 heterocycles. The number of carbonyl (C=O) groups is 4. The molecule has 0 bridgehead atoms. The minimum atomic E-state index is -1.10. The maximum atomic E-state index is 12.5. The summed E-state index contributed by atoms with van der Waals surface area (Å²) in [4.78, 5) is 48.9. The Kier molecular flexibility index (Phi) is 14.6. The molecule has 2 N–H and O–H groups in total. The first-order valence-electron chi connectivity index (χ1n) is 14.0. The molecular weight excluding hydrogens is 550 g/mol. The molecule has 0 aliphatic heterocycles. The van der Waals surface area contributed by atoms with Gasteiger partial charge in [-0.1, -0.05) is 67.9 Å². The van der Waals surface area contributed by atoms with Gasteiger partial charge in [0.2, 0.25) is 0 Å². The minimum Gasteiger partial charge on any atom is -0.461 e. The predicted octanol–water partition coefficient (Wildman–Crippen LogP) is 5.81. The van der Waals surface area contributed by atoms with Crippen molar-refractivity contribution in [3.05, 3.63) is 23.8 Å². The fraction of sp³-hybridized carbons (Fsp3) is 0.667. The lowest BCUT2D eigenvalue weighted by Gasteiger charge is -2.19. The molecule has 1 aromatic rings. The molecule has 12 heteroatoms. The van der Waals surface area contributed by atoms with Gasteiger partial charge in [-0.15, -0.1) is 0 Å². The van der Waals surface area contributed by atoms with E-state index in [0.29, 0.717) is 5.56 Å². The fourth-order valence-corrected chi connectivity index (χ4v) is 2.84. The van der Waals surface area contributed by atoms with E-state index in [-0.39, 0.29) is 61.1 Å². The number of hydrogen-bond acceptors (Lipinski definition) is 12. The van der Waals surface area contributed by atoms with Gasteiger partial charge in [-0.25, -0.2) is 14.4 Å². The molecule has 3 atom stereocenters. The second-order valence-electron chi connectivity index (χ2n) is 12.6. The zero-order chi connectivity index (χ0) is 32.1. The van der Waals surface area contributed by atoms with Crippen LogP contribution in [0.15, 0.2) is 18.2 Å². The minimum absolute atomic E-state index is 0.00678. The van der Waals surface area contributed by atoms with E-state index in [1.54, 1.807) is 13.0 Å². The summed E-state index contributed by atoms with van der Waals surface area (Å²) in [6, 6.07) is 3.24. The number of carbonyl (C=O) groups excluding carboxylic acids is 4. The lowest BCUT2D eigenvalue weighted by molar-refractivity contribution is -0.148. The van der Waals surface area contributed by atoms with Crippen LogP contribution in [-0.2, 0) is 34.9 Å². The summed E-state index contributed by atoms with van der Waals surface area (Å²) in [7, 11) is 0. The van der Waals surface area contributed by atoms with E-state index in [1.165, 1.54) is 12.1 Å². The number of rotatable bonds is 13. The van der Waals surface area contributed by atoms with Crippen LogP contribution in [0.2, 0.25) is 0 Å². The molecule has 1 rings (SSSR count). The smallest absolute Gasteiger partial charge is 0.461 e. The third-order valence-electron chi connectivity index (χ3n) is 5.34. The molecule has 0 amide bonds. The van der Waals surface area contributed by atoms with E-state index < -0.39 is 36.6 Å². The van der Waals surface area contributed by atoms with Gasteiger partial charge in [-0.3, -0.25) is 4.79 Å². The molecule has 42 heavy (non-hydrogen) atoms. The van der Waals surface area contributed by atoms with Crippen LogP contribution < -0.4 is 15.2 Å². The molecule has 1 aromatic carbocycles. The molecule has 0 aromatic heterocycles. The van der Waals surface area contributed by atoms with Crippen molar-refractivity contribution in [3.8, 4) is 11.5 Å². The highest BCUT2D eigenvalue weighted by Gasteiger charge is 2.23. The Morgan fingerprint density at radius 2 is 1.31 bits per heavy atom. The second kappa shape index (κ2) is 16.8. The highest BCUT2D eigenvalue weighted by atomic mass is 16.7. The Hall–Kier alpha value is -3.54. The van der Waals surface area contributed by atoms with Gasteiger partial charge in [-0.2, -0.15) is 0 Å². The molecule has 1 unspecified atom stereocenters. The van der Waals surface area contributed by atoms with Crippen molar-refractivity contribution >= 4 is 24.4 Å². The molecule has 0 aliphatic carbocycles. The first-order valence-corrected chi connectivity index (χ1v) is 14.0. The first-order chi connectivity index (χ1) is 19.4. The van der Waals surface area contributed by atoms with Crippen LogP contribution in [0.3, 0.4) is 0 Å². The Morgan fingerprint density at radius 3 is 1.83 bits per heavy atom. The van der Waals surface area contributed by atoms with Crippen LogP contribution in [0.5, 0.6) is 11.5 Å². The Balaban J connectivity index is 2.85. The van der Waals surface area contributed by atoms with Gasteiger partial charge >= 0.3 is 24.4 Å². The average Bonchev–Trinajstić information content (AvgIpc) is 2.88. The van der Waals surface area contributed by atoms with Crippen LogP contribution in [0.25, 0.3) is 0 Å². The van der Waals surface area contributed by atoms with Gasteiger partial charge in [0, 0.05) is 0 Å². The molecular formula is C30H47NO11. The van der Waals surface area contributed by atoms with Crippen molar-refractivity contribution < 1.29 is 52.3 Å². The normalized spacial score (nSPS) is 13.7. The highest BCUT2D eigenvalue weighted by Crippen LogP contribution is 2.30. The first kappa shape index (κ1) is 36.5. The number of hydrogen-bond donors (Lipinski definition) is 1. The highest BCUT2D eigenvalue weighted by molar-refractivity contribution is 5.76. The Labute approximate surface area is 248 Å². The molecule has 0 radical (unpaired) electrons. The number of nitrogens with two attached hydrogens (primary N) is 1. The van der Waals surface area contributed by atoms with E-state index in [0.717, 1.165) is 6.42 Å². The van der Waals surface area contributed by atoms with Crippen molar-refractivity contribution in [2.45, 2.75) is 87.3 Å². The topological polar surface area (TPSA) is 159 Å². The summed E-state index contributed by atoms with van der Waals surface area (Å²) < 4.78 is 36.2. The standard InChI is InChI=1S/C30H47NO11/c1-10-19(2)15-37-26(33)40-20(3)16-36-25(32)22(31)13-21-11-12-23(41-27(34)38-17-29(4,5)6)24(14-21)42-28(35)39-18-30(7,8)9/h11-12,14,19-20,22H,10,13,15-18,31H2,1-9H3/t19?,20-,22-/m0/s1. The largest absolute Gasteiger partial charge is 0.513 e. The third-order valence-corrected chi connectivity index (χ3v) is 5.34. The summed E-state index contributed by atoms with van der Waals surface area (Å²) in [5.74, 6) is -0.756. The van der Waals surface area contributed by atoms with Gasteiger partial charge in [0.05, 0.1) is 19.8 Å². The van der Waals surface area contributed by atoms with Crippen molar-refractivity contribution in [3.63, 3.8) is 0 Å². The van der Waals surface area contributed by atoms with Crippen LogP contribution >= 0.6 is 0 Å². The summed E-state index contributed by atoms with van der Waals surface area (Å²) in [5.41, 5.74) is 5.92. The van der Waals surface area contributed by atoms with Crippen molar-refractivity contribution in [1.82, 2.24) is 0 Å². The zero-order valence-electron chi connectivity index (χ0n) is 26.3. The number of benzene rings is 1. The van der Waals surface area contributed by atoms with Crippen LogP contribution in [0.1, 0.15) is 74.3 Å². The van der Waals surface area contributed by atoms with Gasteiger partial charge in [0.15, 0.2) is 11.5 Å². The molecule has 238 valence electrons. The van der Waals surface area contributed by atoms with Gasteiger partial charge in [-0.05, 0) is 47.8 Å². The van der Waals surface area contributed by atoms with E-state index >= 15 is 0 Å². The monoisotopic (exact) mass is 597 g/mol. The van der Waals surface area contributed by atoms with Crippen LogP contribution in [-0.4, -0.2) is 63.0 Å². The van der Waals surface area contributed by atoms with Crippen LogP contribution in [0.4, 0.5) is 14.4 Å². The van der Waals surface area contributed by atoms with Gasteiger partial charge in [0.1, 0.15) is 18.8 Å². The lowest BCUT2D eigenvalue weighted by atomic mass is 9.99. The van der Waals surface area contributed by atoms with Crippen molar-refractivity contribution in [2.75, 3.05) is 26.4 Å². The average molecular weight is 598 g/mol. The molecule has 12 nitrogen and oxygen atoms in total. The van der Waals surface area contributed by atoms with E-state index in [2.05, 4.69) is 0 Å². The molecule has 0 fully saturated rings. The third kappa shape index (κ3) is 16.0. The number of ether oxygens (including phenoxy) is 7. The lowest BCUT2D eigenvalue weighted by Crippen LogP contribution is -2.36. The molecule has 0 aliphatic rings. The quantitative estimate of drug-likeness (QED) is 0.165. The maximum Gasteiger partial charge on any atom is 0.513 e. The van der Waals surface area contributed by atoms with E-state index in [9.17, 15) is 19.2 Å². The molecule has 0 saturated heterocycles. The molecule has 0 saturated carbocycles. The van der Waals surface area contributed by atoms with Crippen molar-refractivity contribution in [2.24, 2.45) is 22.5 Å². The summed E-state index contributed by atoms with van der Waals surface area (Å²) in [6.07, 6.45) is -2.73. The SMILES string of the molecule is CCC(C)COC(=O)O[C@@H](C)COC(=O)[C@@H](N)Cc1ccc(OC(=O)OCC(C)(C)C)c(OC(=O)OCC(C)(C)C)c1. The predicted molar refractivity (Wildman–Crippen MR) is 153 cm³/mol. The van der Waals surface area contributed by atoms with Gasteiger partial charge in [0.25, 0.3) is 0 Å². The summed E-state index contributed by atoms with van der Waals surface area (Å²) >= 11 is 0. The Morgan fingerprint density at radius 1 is 0.762 bits per heavy atom. The second-order valence-corrected chi connectivity index (χ2v) is 12.6. The fourth-order valence-electron chi connectivity index (χ4n) is 2.84. The van der Waals surface area contributed by atoms with Gasteiger partial charge < -0.3 is 38.9 Å². The summed E-state index contributed by atoms with van der Waals surface area (Å²) in [6.45, 7) is 17.0. The molecule has 0 spiro atoms. The number of esters is 1. The van der Waals surface area contributed by atoms with E-state index in [1.807, 2.05) is 55.4 Å². The van der Waals surface area contributed by atoms with Crippen molar-refractivity contribution in [1.29, 1.82) is 0 Å². The Bertz CT molecular complexity index is 1040. The van der Waals surface area contributed by atoms with Crippen LogP contribution in [0, 0.1) is 16.7 Å². The van der Waals surface area contributed by atoms with E-state index in [4.69, 9.17) is 38.9 Å². The summed E-state index contributed by atoms with van der Waals surface area (Å²) in [5, 5.41) is 0. The zero-order valence-corrected chi connectivity index (χ0v) is 26.3. The maximum absolute atomic E-state index is 12.5.